The predicted octanol–water partition coefficient (Wildman–Crippen LogP) is -0.120. The first-order valence-electron chi connectivity index (χ1n) is 4.99. The zero-order valence-electron chi connectivity index (χ0n) is 8.75. The minimum atomic E-state index is -0.134. The maximum atomic E-state index is 11.6. The van der Waals surface area contributed by atoms with E-state index in [1.807, 2.05) is 13.8 Å². The smallest absolute Gasteiger partial charge is 0.317 e. The van der Waals surface area contributed by atoms with Crippen LogP contribution in [0, 0.1) is 0 Å². The summed E-state index contributed by atoms with van der Waals surface area (Å²) in [5, 5.41) is 2.67. The molecule has 0 atom stereocenters. The van der Waals surface area contributed by atoms with Gasteiger partial charge >= 0.3 is 6.03 Å². The van der Waals surface area contributed by atoms with E-state index in [9.17, 15) is 9.59 Å². The predicted molar refractivity (Wildman–Crippen MR) is 52.9 cm³/mol. The van der Waals surface area contributed by atoms with Gasteiger partial charge in [-0.3, -0.25) is 4.79 Å². The van der Waals surface area contributed by atoms with Crippen molar-refractivity contribution in [3.8, 4) is 0 Å². The summed E-state index contributed by atoms with van der Waals surface area (Å²) in [5.41, 5.74) is 0. The summed E-state index contributed by atoms with van der Waals surface area (Å²) in [5.74, 6) is 0.0204. The maximum absolute atomic E-state index is 11.6. The molecule has 0 saturated carbocycles. The summed E-state index contributed by atoms with van der Waals surface area (Å²) in [6.07, 6.45) is 0. The van der Waals surface area contributed by atoms with Crippen molar-refractivity contribution in [2.75, 3.05) is 32.7 Å². The van der Waals surface area contributed by atoms with Crippen LogP contribution < -0.4 is 5.32 Å². The molecule has 0 aromatic carbocycles. The minimum absolute atomic E-state index is 0.0204. The lowest BCUT2D eigenvalue weighted by Gasteiger charge is -2.21. The van der Waals surface area contributed by atoms with Gasteiger partial charge in [0.05, 0.1) is 0 Å². The molecule has 80 valence electrons. The van der Waals surface area contributed by atoms with Crippen LogP contribution in [0.15, 0.2) is 0 Å². The number of rotatable bonds is 4. The standard InChI is InChI=1S/C9H17N3O2/c1-3-11(4-2)8(13)7-12-6-5-10-9(12)14/h3-7H2,1-2H3,(H,10,14). The summed E-state index contributed by atoms with van der Waals surface area (Å²) in [6.45, 7) is 6.75. The molecular weight excluding hydrogens is 182 g/mol. The lowest BCUT2D eigenvalue weighted by Crippen LogP contribution is -2.41. The van der Waals surface area contributed by atoms with Crippen LogP contribution in [-0.4, -0.2) is 54.5 Å². The number of likely N-dealkylation sites (N-methyl/N-ethyl adjacent to an activating group) is 1. The molecule has 0 aromatic rings. The Morgan fingerprint density at radius 3 is 2.57 bits per heavy atom. The summed E-state index contributed by atoms with van der Waals surface area (Å²) in [7, 11) is 0. The topological polar surface area (TPSA) is 52.7 Å². The highest BCUT2D eigenvalue weighted by atomic mass is 16.2. The monoisotopic (exact) mass is 199 g/mol. The fourth-order valence-electron chi connectivity index (χ4n) is 1.50. The second-order valence-electron chi connectivity index (χ2n) is 3.22. The van der Waals surface area contributed by atoms with Crippen molar-refractivity contribution in [3.05, 3.63) is 0 Å². The van der Waals surface area contributed by atoms with Crippen LogP contribution in [0.3, 0.4) is 0 Å². The largest absolute Gasteiger partial charge is 0.342 e. The molecule has 14 heavy (non-hydrogen) atoms. The van der Waals surface area contributed by atoms with E-state index in [1.54, 1.807) is 9.80 Å². The molecule has 1 saturated heterocycles. The van der Waals surface area contributed by atoms with Gasteiger partial charge in [0.15, 0.2) is 0 Å². The van der Waals surface area contributed by atoms with E-state index in [4.69, 9.17) is 0 Å². The van der Waals surface area contributed by atoms with E-state index in [0.29, 0.717) is 26.2 Å². The molecule has 0 radical (unpaired) electrons. The lowest BCUT2D eigenvalue weighted by atomic mass is 10.4. The van der Waals surface area contributed by atoms with Crippen LogP contribution in [0.25, 0.3) is 0 Å². The van der Waals surface area contributed by atoms with Gasteiger partial charge in [0.2, 0.25) is 5.91 Å². The van der Waals surface area contributed by atoms with E-state index in [0.717, 1.165) is 0 Å². The average Bonchev–Trinajstić information content (AvgIpc) is 2.54. The van der Waals surface area contributed by atoms with Crippen molar-refractivity contribution in [2.24, 2.45) is 0 Å². The Kier molecular flexibility index (Phi) is 3.73. The number of urea groups is 1. The minimum Gasteiger partial charge on any atom is -0.342 e. The van der Waals surface area contributed by atoms with Gasteiger partial charge < -0.3 is 15.1 Å². The van der Waals surface area contributed by atoms with Crippen LogP contribution in [0.5, 0.6) is 0 Å². The Labute approximate surface area is 84.0 Å². The summed E-state index contributed by atoms with van der Waals surface area (Å²) >= 11 is 0. The highest BCUT2D eigenvalue weighted by Gasteiger charge is 2.23. The SMILES string of the molecule is CCN(CC)C(=O)CN1CCNC1=O. The maximum Gasteiger partial charge on any atom is 0.317 e. The molecule has 0 bridgehead atoms. The van der Waals surface area contributed by atoms with Crippen LogP contribution >= 0.6 is 0 Å². The van der Waals surface area contributed by atoms with Crippen LogP contribution in [0.4, 0.5) is 4.79 Å². The molecule has 0 aromatic heterocycles. The van der Waals surface area contributed by atoms with E-state index in [-0.39, 0.29) is 18.5 Å². The first-order chi connectivity index (χ1) is 6.69. The number of nitrogens with zero attached hydrogens (tertiary/aromatic N) is 2. The molecule has 0 aliphatic carbocycles. The van der Waals surface area contributed by atoms with Crippen molar-refractivity contribution in [1.82, 2.24) is 15.1 Å². The Hall–Kier alpha value is -1.26. The van der Waals surface area contributed by atoms with Gasteiger partial charge in [-0.05, 0) is 13.8 Å². The normalized spacial score (nSPS) is 15.6. The fraction of sp³-hybridized carbons (Fsp3) is 0.778. The Morgan fingerprint density at radius 1 is 1.50 bits per heavy atom. The molecule has 5 nitrogen and oxygen atoms in total. The van der Waals surface area contributed by atoms with Gasteiger partial charge in [-0.1, -0.05) is 0 Å². The molecule has 1 N–H and O–H groups in total. The number of nitrogens with one attached hydrogen (secondary N) is 1. The van der Waals surface area contributed by atoms with Crippen molar-refractivity contribution in [2.45, 2.75) is 13.8 Å². The van der Waals surface area contributed by atoms with Crippen molar-refractivity contribution < 1.29 is 9.59 Å². The van der Waals surface area contributed by atoms with Gasteiger partial charge in [0, 0.05) is 26.2 Å². The molecule has 1 aliphatic rings. The number of carbonyl (C=O) groups is 2. The van der Waals surface area contributed by atoms with Gasteiger partial charge in [-0.15, -0.1) is 0 Å². The highest BCUT2D eigenvalue weighted by Crippen LogP contribution is 1.98. The van der Waals surface area contributed by atoms with E-state index < -0.39 is 0 Å². The summed E-state index contributed by atoms with van der Waals surface area (Å²) in [6, 6.07) is -0.134. The molecule has 5 heteroatoms. The third-order valence-corrected chi connectivity index (χ3v) is 2.39. The number of amides is 3. The van der Waals surface area contributed by atoms with Crippen LogP contribution in [0.2, 0.25) is 0 Å². The number of hydrogen-bond acceptors (Lipinski definition) is 2. The molecule has 1 heterocycles. The first kappa shape index (κ1) is 10.8. The van der Waals surface area contributed by atoms with Gasteiger partial charge in [-0.25, -0.2) is 4.79 Å². The van der Waals surface area contributed by atoms with E-state index >= 15 is 0 Å². The Balaban J connectivity index is 2.43. The van der Waals surface area contributed by atoms with Crippen LogP contribution in [-0.2, 0) is 4.79 Å². The average molecular weight is 199 g/mol. The summed E-state index contributed by atoms with van der Waals surface area (Å²) < 4.78 is 0. The first-order valence-corrected chi connectivity index (χ1v) is 4.99. The Bertz CT molecular complexity index is 226. The molecule has 1 rings (SSSR count). The lowest BCUT2D eigenvalue weighted by molar-refractivity contribution is -0.131. The number of carbonyl (C=O) groups excluding carboxylic acids is 2. The van der Waals surface area contributed by atoms with E-state index in [2.05, 4.69) is 5.32 Å². The van der Waals surface area contributed by atoms with Gasteiger partial charge in [0.25, 0.3) is 0 Å². The molecular formula is C9H17N3O2. The van der Waals surface area contributed by atoms with Crippen molar-refractivity contribution >= 4 is 11.9 Å². The second kappa shape index (κ2) is 4.83. The van der Waals surface area contributed by atoms with E-state index in [1.165, 1.54) is 0 Å². The molecule has 0 unspecified atom stereocenters. The van der Waals surface area contributed by atoms with Crippen LogP contribution in [0.1, 0.15) is 13.8 Å². The Morgan fingerprint density at radius 2 is 2.14 bits per heavy atom. The third kappa shape index (κ3) is 2.37. The van der Waals surface area contributed by atoms with Gasteiger partial charge in [0.1, 0.15) is 6.54 Å². The zero-order valence-corrected chi connectivity index (χ0v) is 8.75. The molecule has 3 amide bonds. The molecule has 1 fully saturated rings. The highest BCUT2D eigenvalue weighted by molar-refractivity contribution is 5.85. The molecule has 0 spiro atoms. The summed E-state index contributed by atoms with van der Waals surface area (Å²) in [4.78, 5) is 26.0. The fourth-order valence-corrected chi connectivity index (χ4v) is 1.50. The van der Waals surface area contributed by atoms with Gasteiger partial charge in [-0.2, -0.15) is 0 Å². The zero-order chi connectivity index (χ0) is 10.6. The van der Waals surface area contributed by atoms with Crippen molar-refractivity contribution in [3.63, 3.8) is 0 Å². The third-order valence-electron chi connectivity index (χ3n) is 2.39. The second-order valence-corrected chi connectivity index (χ2v) is 3.22. The quantitative estimate of drug-likeness (QED) is 0.686. The number of hydrogen-bond donors (Lipinski definition) is 1. The molecule has 1 aliphatic heterocycles. The van der Waals surface area contributed by atoms with Crippen molar-refractivity contribution in [1.29, 1.82) is 0 Å².